The summed E-state index contributed by atoms with van der Waals surface area (Å²) in [5.74, 6) is 0.323. The molecule has 0 aliphatic heterocycles. The molecule has 0 saturated carbocycles. The third-order valence-electron chi connectivity index (χ3n) is 3.52. The monoisotopic (exact) mass is 251 g/mol. The average Bonchev–Trinajstić information content (AvgIpc) is 2.37. The van der Waals surface area contributed by atoms with E-state index in [9.17, 15) is 4.79 Å². The number of hydrogen-bond acceptors (Lipinski definition) is 2. The van der Waals surface area contributed by atoms with Crippen LogP contribution in [-0.2, 0) is 4.79 Å². The van der Waals surface area contributed by atoms with Crippen LogP contribution in [0.4, 0.5) is 0 Å². The first kappa shape index (κ1) is 17.2. The minimum Gasteiger partial charge on any atom is -0.298 e. The van der Waals surface area contributed by atoms with Gasteiger partial charge in [-0.1, -0.05) is 65.2 Å². The molecule has 0 aromatic rings. The highest BCUT2D eigenvalue weighted by molar-refractivity contribution is 5.82. The highest BCUT2D eigenvalue weighted by Crippen LogP contribution is 2.20. The van der Waals surface area contributed by atoms with Gasteiger partial charge < -0.3 is 0 Å². The summed E-state index contributed by atoms with van der Waals surface area (Å²) in [6.45, 7) is 4.39. The van der Waals surface area contributed by atoms with Gasteiger partial charge in [0.2, 0.25) is 0 Å². The smallest absolute Gasteiger partial charge is 0.149 e. The van der Waals surface area contributed by atoms with Crippen molar-refractivity contribution in [3.8, 4) is 6.07 Å². The minimum atomic E-state index is 0.103. The predicted octanol–water partition coefficient (Wildman–Crippen LogP) is 5.03. The predicted molar refractivity (Wildman–Crippen MR) is 76.2 cm³/mol. The van der Waals surface area contributed by atoms with Crippen molar-refractivity contribution in [1.29, 1.82) is 5.26 Å². The molecule has 0 N–H and O–H groups in total. The zero-order valence-corrected chi connectivity index (χ0v) is 12.2. The van der Waals surface area contributed by atoms with Gasteiger partial charge in [0, 0.05) is 5.92 Å². The van der Waals surface area contributed by atoms with Crippen LogP contribution in [0.3, 0.4) is 0 Å². The summed E-state index contributed by atoms with van der Waals surface area (Å²) < 4.78 is 0. The highest BCUT2D eigenvalue weighted by atomic mass is 16.1. The van der Waals surface area contributed by atoms with Crippen molar-refractivity contribution in [3.63, 3.8) is 0 Å². The molecule has 0 bridgehead atoms. The lowest BCUT2D eigenvalue weighted by atomic mass is 9.90. The van der Waals surface area contributed by atoms with Crippen LogP contribution in [-0.4, -0.2) is 5.78 Å². The van der Waals surface area contributed by atoms with E-state index in [1.165, 1.54) is 38.5 Å². The third kappa shape index (κ3) is 9.22. The van der Waals surface area contributed by atoms with E-state index >= 15 is 0 Å². The molecule has 2 heteroatoms. The van der Waals surface area contributed by atoms with E-state index in [-0.39, 0.29) is 18.1 Å². The van der Waals surface area contributed by atoms with E-state index in [4.69, 9.17) is 5.26 Å². The van der Waals surface area contributed by atoms with Gasteiger partial charge in [-0.2, -0.15) is 5.26 Å². The van der Waals surface area contributed by atoms with Crippen molar-refractivity contribution in [2.75, 3.05) is 0 Å². The molecule has 0 spiro atoms. The van der Waals surface area contributed by atoms with Crippen LogP contribution >= 0.6 is 0 Å². The molecule has 0 aliphatic rings. The number of carbonyl (C=O) groups is 1. The molecule has 0 atom stereocenters. The Morgan fingerprint density at radius 2 is 1.44 bits per heavy atom. The Labute approximate surface area is 113 Å². The minimum absolute atomic E-state index is 0.103. The summed E-state index contributed by atoms with van der Waals surface area (Å²) in [5, 5.41) is 8.63. The maximum atomic E-state index is 11.8. The van der Waals surface area contributed by atoms with E-state index in [1.54, 1.807) is 0 Å². The molecule has 0 aromatic heterocycles. The van der Waals surface area contributed by atoms with Gasteiger partial charge in [-0.15, -0.1) is 0 Å². The molecule has 2 nitrogen and oxygen atoms in total. The molecule has 0 saturated heterocycles. The topological polar surface area (TPSA) is 40.9 Å². The van der Waals surface area contributed by atoms with Gasteiger partial charge in [-0.25, -0.2) is 0 Å². The Morgan fingerprint density at radius 3 is 1.83 bits per heavy atom. The van der Waals surface area contributed by atoms with Crippen LogP contribution in [0.5, 0.6) is 0 Å². The quantitative estimate of drug-likeness (QED) is 0.457. The lowest BCUT2D eigenvalue weighted by Gasteiger charge is -2.14. The summed E-state index contributed by atoms with van der Waals surface area (Å²) in [7, 11) is 0. The number of nitrogens with zero attached hydrogens (tertiary/aromatic N) is 1. The number of nitriles is 1. The largest absolute Gasteiger partial charge is 0.298 e. The van der Waals surface area contributed by atoms with Crippen LogP contribution in [0.25, 0.3) is 0 Å². The van der Waals surface area contributed by atoms with E-state index in [0.717, 1.165) is 25.7 Å². The van der Waals surface area contributed by atoms with Crippen molar-refractivity contribution in [1.82, 2.24) is 0 Å². The van der Waals surface area contributed by atoms with Crippen molar-refractivity contribution in [2.45, 2.75) is 84.5 Å². The first-order valence-corrected chi connectivity index (χ1v) is 7.65. The molecule has 0 heterocycles. The number of carbonyl (C=O) groups excluding carboxylic acids is 1. The standard InChI is InChI=1S/C16H29NO/c1-3-5-7-9-11-15(16(18)13-14-17)12-10-8-6-4-2/h15H,3-13H2,1-2H3. The molecular weight excluding hydrogens is 222 g/mol. The van der Waals surface area contributed by atoms with Crippen LogP contribution in [0, 0.1) is 17.2 Å². The van der Waals surface area contributed by atoms with Crippen LogP contribution in [0.1, 0.15) is 84.5 Å². The summed E-state index contributed by atoms with van der Waals surface area (Å²) in [5.41, 5.74) is 0. The third-order valence-corrected chi connectivity index (χ3v) is 3.52. The zero-order chi connectivity index (χ0) is 13.6. The molecule has 0 aromatic carbocycles. The van der Waals surface area contributed by atoms with Crippen molar-refractivity contribution >= 4 is 5.78 Å². The Kier molecular flexibility index (Phi) is 12.0. The second kappa shape index (κ2) is 12.6. The molecule has 0 fully saturated rings. The molecule has 0 aliphatic carbocycles. The summed E-state index contributed by atoms with van der Waals surface area (Å²) in [6, 6.07) is 2.00. The number of hydrogen-bond donors (Lipinski definition) is 0. The Hall–Kier alpha value is -0.840. The SMILES string of the molecule is CCCCCCC(CCCCCC)C(=O)CC#N. The Morgan fingerprint density at radius 1 is 0.944 bits per heavy atom. The molecule has 0 unspecified atom stereocenters. The van der Waals surface area contributed by atoms with E-state index in [0.29, 0.717) is 0 Å². The van der Waals surface area contributed by atoms with Gasteiger partial charge in [0.15, 0.2) is 0 Å². The van der Waals surface area contributed by atoms with Gasteiger partial charge in [0.1, 0.15) is 5.78 Å². The van der Waals surface area contributed by atoms with Gasteiger partial charge >= 0.3 is 0 Å². The molecule has 0 radical (unpaired) electrons. The second-order valence-corrected chi connectivity index (χ2v) is 5.20. The van der Waals surface area contributed by atoms with E-state index < -0.39 is 0 Å². The van der Waals surface area contributed by atoms with E-state index in [1.807, 2.05) is 6.07 Å². The van der Waals surface area contributed by atoms with Crippen LogP contribution < -0.4 is 0 Å². The molecule has 104 valence electrons. The number of ketones is 1. The Balaban J connectivity index is 3.92. The second-order valence-electron chi connectivity index (χ2n) is 5.20. The van der Waals surface area contributed by atoms with E-state index in [2.05, 4.69) is 13.8 Å². The first-order chi connectivity index (χ1) is 8.76. The summed E-state index contributed by atoms with van der Waals surface area (Å²) in [4.78, 5) is 11.8. The summed E-state index contributed by atoms with van der Waals surface area (Å²) in [6.07, 6.45) is 11.8. The fourth-order valence-electron chi connectivity index (χ4n) is 2.32. The Bertz CT molecular complexity index is 230. The van der Waals surface area contributed by atoms with Crippen LogP contribution in [0.2, 0.25) is 0 Å². The van der Waals surface area contributed by atoms with Crippen molar-refractivity contribution < 1.29 is 4.79 Å². The van der Waals surface area contributed by atoms with Gasteiger partial charge in [0.25, 0.3) is 0 Å². The zero-order valence-electron chi connectivity index (χ0n) is 12.2. The fourth-order valence-corrected chi connectivity index (χ4v) is 2.32. The number of rotatable bonds is 12. The molecule has 0 amide bonds. The van der Waals surface area contributed by atoms with Crippen molar-refractivity contribution in [2.24, 2.45) is 5.92 Å². The van der Waals surface area contributed by atoms with Gasteiger partial charge in [-0.3, -0.25) is 4.79 Å². The maximum absolute atomic E-state index is 11.8. The lowest BCUT2D eigenvalue weighted by molar-refractivity contribution is -0.122. The molecule has 0 rings (SSSR count). The first-order valence-electron chi connectivity index (χ1n) is 7.65. The lowest BCUT2D eigenvalue weighted by Crippen LogP contribution is -2.14. The number of unbranched alkanes of at least 4 members (excludes halogenated alkanes) is 6. The normalized spacial score (nSPS) is 10.6. The van der Waals surface area contributed by atoms with Gasteiger partial charge in [-0.05, 0) is 12.8 Å². The summed E-state index contributed by atoms with van der Waals surface area (Å²) >= 11 is 0. The maximum Gasteiger partial charge on any atom is 0.149 e. The fraction of sp³-hybridized carbons (Fsp3) is 0.875. The van der Waals surface area contributed by atoms with Crippen LogP contribution in [0.15, 0.2) is 0 Å². The average molecular weight is 251 g/mol. The van der Waals surface area contributed by atoms with Crippen molar-refractivity contribution in [3.05, 3.63) is 0 Å². The number of Topliss-reactive ketones (excluding diaryl/α,β-unsaturated/α-hetero) is 1. The molecule has 18 heavy (non-hydrogen) atoms. The van der Waals surface area contributed by atoms with Gasteiger partial charge in [0.05, 0.1) is 12.5 Å². The molecular formula is C16H29NO. The highest BCUT2D eigenvalue weighted by Gasteiger charge is 2.16.